The molecule has 0 amide bonds. The minimum atomic E-state index is -2.37. The lowest BCUT2D eigenvalue weighted by Gasteiger charge is -2.07. The van der Waals surface area contributed by atoms with Crippen LogP contribution in [0.4, 0.5) is 13.2 Å². The van der Waals surface area contributed by atoms with Crippen LogP contribution in [0.15, 0.2) is 6.07 Å². The summed E-state index contributed by atoms with van der Waals surface area (Å²) in [5.74, 6) is -5.48. The third-order valence-electron chi connectivity index (χ3n) is 1.30. The van der Waals surface area contributed by atoms with Crippen molar-refractivity contribution in [3.63, 3.8) is 0 Å². The summed E-state index contributed by atoms with van der Waals surface area (Å²) >= 11 is 5.02. The van der Waals surface area contributed by atoms with Crippen LogP contribution in [0.1, 0.15) is 0 Å². The summed E-state index contributed by atoms with van der Waals surface area (Å²) in [6.07, 6.45) is 0. The fourth-order valence-corrected chi connectivity index (χ4v) is 0.888. The highest BCUT2D eigenvalue weighted by Crippen LogP contribution is 2.28. The minimum absolute atomic E-state index is 0.403. The van der Waals surface area contributed by atoms with Crippen LogP contribution in [-0.4, -0.2) is 17.4 Å². The van der Waals surface area contributed by atoms with Gasteiger partial charge in [0, 0.05) is 6.07 Å². The Morgan fingerprint density at radius 1 is 1.21 bits per heavy atom. The van der Waals surface area contributed by atoms with E-state index >= 15 is 0 Å². The zero-order valence-electron chi connectivity index (χ0n) is 6.47. The van der Waals surface area contributed by atoms with E-state index in [1.165, 1.54) is 0 Å². The molecule has 0 saturated heterocycles. The van der Waals surface area contributed by atoms with Gasteiger partial charge in [-0.1, -0.05) is 11.6 Å². The first-order chi connectivity index (χ1) is 6.43. The molecule has 0 atom stereocenters. The first-order valence-corrected chi connectivity index (χ1v) is 3.67. The summed E-state index contributed by atoms with van der Waals surface area (Å²) in [6, 6.07) is 0.403. The van der Waals surface area contributed by atoms with Crippen LogP contribution in [-0.2, 0) is 0 Å². The molecule has 3 nitrogen and oxygen atoms in total. The van der Waals surface area contributed by atoms with E-state index in [1.54, 1.807) is 0 Å². The van der Waals surface area contributed by atoms with Crippen molar-refractivity contribution in [1.82, 2.24) is 0 Å². The molecule has 0 spiro atoms. The van der Waals surface area contributed by atoms with Crippen LogP contribution < -0.4 is 4.65 Å². The first-order valence-electron chi connectivity index (χ1n) is 3.29. The van der Waals surface area contributed by atoms with Crippen LogP contribution in [0.5, 0.6) is 5.75 Å². The van der Waals surface area contributed by atoms with Crippen LogP contribution in [0, 0.1) is 17.5 Å². The van der Waals surface area contributed by atoms with E-state index in [1.807, 2.05) is 0 Å². The average molecular weight is 226 g/mol. The van der Waals surface area contributed by atoms with Gasteiger partial charge in [-0.2, -0.15) is 4.39 Å². The topological polar surface area (TPSA) is 49.7 Å². The summed E-state index contributed by atoms with van der Waals surface area (Å²) in [6.45, 7) is 0. The lowest BCUT2D eigenvalue weighted by atomic mass is 10.2. The standard InChI is InChI=1S/C6H3BClF3O3/c8-4-2(9)1-3(14-7(12)13)5(10)6(4)11/h1,12-13H. The maximum Gasteiger partial charge on any atom is 0.707 e. The molecule has 0 heterocycles. The molecule has 14 heavy (non-hydrogen) atoms. The second kappa shape index (κ2) is 4.08. The molecule has 76 valence electrons. The lowest BCUT2D eigenvalue weighted by Crippen LogP contribution is -2.21. The molecule has 0 aliphatic rings. The number of hydrogen-bond acceptors (Lipinski definition) is 3. The lowest BCUT2D eigenvalue weighted by molar-refractivity contribution is 0.278. The number of rotatable bonds is 2. The fraction of sp³-hybridized carbons (Fsp3) is 0. The summed E-state index contributed by atoms with van der Waals surface area (Å²) in [5, 5.41) is 15.5. The fourth-order valence-electron chi connectivity index (χ4n) is 0.750. The highest BCUT2D eigenvalue weighted by atomic mass is 35.5. The molecule has 0 aliphatic heterocycles. The molecule has 0 radical (unpaired) electrons. The van der Waals surface area contributed by atoms with E-state index in [2.05, 4.69) is 4.65 Å². The van der Waals surface area contributed by atoms with Crippen molar-refractivity contribution >= 4 is 18.9 Å². The van der Waals surface area contributed by atoms with E-state index in [0.29, 0.717) is 6.07 Å². The monoisotopic (exact) mass is 226 g/mol. The van der Waals surface area contributed by atoms with Crippen molar-refractivity contribution in [2.24, 2.45) is 0 Å². The average Bonchev–Trinajstić information content (AvgIpc) is 2.10. The zero-order chi connectivity index (χ0) is 10.9. The Hall–Kier alpha value is -0.915. The highest BCUT2D eigenvalue weighted by Gasteiger charge is 2.22. The summed E-state index contributed by atoms with van der Waals surface area (Å²) < 4.78 is 42.2. The van der Waals surface area contributed by atoms with Gasteiger partial charge in [0.1, 0.15) is 16.6 Å². The molecule has 0 aliphatic carbocycles. The van der Waals surface area contributed by atoms with Gasteiger partial charge in [0.15, 0.2) is 5.82 Å². The van der Waals surface area contributed by atoms with Gasteiger partial charge in [0.05, 0.1) is 0 Å². The van der Waals surface area contributed by atoms with Crippen LogP contribution in [0.25, 0.3) is 0 Å². The maximum absolute atomic E-state index is 12.8. The summed E-state index contributed by atoms with van der Waals surface area (Å²) in [5.41, 5.74) is 0. The molecule has 0 fully saturated rings. The molecule has 2 N–H and O–H groups in total. The Bertz CT molecular complexity index is 361. The Morgan fingerprint density at radius 3 is 2.29 bits per heavy atom. The van der Waals surface area contributed by atoms with Gasteiger partial charge < -0.3 is 14.7 Å². The second-order valence-electron chi connectivity index (χ2n) is 2.24. The van der Waals surface area contributed by atoms with Gasteiger partial charge in [-0.05, 0) is 0 Å². The second-order valence-corrected chi connectivity index (χ2v) is 2.62. The molecule has 0 bridgehead atoms. The van der Waals surface area contributed by atoms with Crippen LogP contribution >= 0.6 is 11.6 Å². The molecular weight excluding hydrogens is 223 g/mol. The zero-order valence-corrected chi connectivity index (χ0v) is 7.23. The molecule has 0 unspecified atom stereocenters. The molecule has 1 rings (SSSR count). The third kappa shape index (κ3) is 2.12. The number of halogens is 4. The van der Waals surface area contributed by atoms with Crippen molar-refractivity contribution < 1.29 is 27.9 Å². The minimum Gasteiger partial charge on any atom is -0.509 e. The van der Waals surface area contributed by atoms with Crippen molar-refractivity contribution in [3.05, 3.63) is 28.5 Å². The SMILES string of the molecule is OB(O)Oc1cc(F)c(Cl)c(F)c1F. The number of hydrogen-bond donors (Lipinski definition) is 2. The Morgan fingerprint density at radius 2 is 1.79 bits per heavy atom. The van der Waals surface area contributed by atoms with Crippen LogP contribution in [0.3, 0.4) is 0 Å². The maximum atomic E-state index is 12.8. The van der Waals surface area contributed by atoms with Crippen molar-refractivity contribution in [1.29, 1.82) is 0 Å². The van der Waals surface area contributed by atoms with Gasteiger partial charge in [0.25, 0.3) is 0 Å². The molecule has 1 aromatic carbocycles. The van der Waals surface area contributed by atoms with Crippen molar-refractivity contribution in [2.45, 2.75) is 0 Å². The molecule has 0 aromatic heterocycles. The molecule has 0 saturated carbocycles. The quantitative estimate of drug-likeness (QED) is 0.451. The van der Waals surface area contributed by atoms with E-state index in [4.69, 9.17) is 21.6 Å². The largest absolute Gasteiger partial charge is 0.707 e. The first kappa shape index (κ1) is 11.2. The van der Waals surface area contributed by atoms with E-state index < -0.39 is 35.5 Å². The van der Waals surface area contributed by atoms with Gasteiger partial charge >= 0.3 is 7.32 Å². The van der Waals surface area contributed by atoms with Gasteiger partial charge in [-0.25, -0.2) is 8.78 Å². The third-order valence-corrected chi connectivity index (χ3v) is 1.65. The smallest absolute Gasteiger partial charge is 0.509 e. The van der Waals surface area contributed by atoms with Crippen molar-refractivity contribution in [3.8, 4) is 5.75 Å². The van der Waals surface area contributed by atoms with Gasteiger partial charge in [-0.3, -0.25) is 0 Å². The predicted octanol–water partition coefficient (Wildman–Crippen LogP) is 1.11. The summed E-state index contributed by atoms with van der Waals surface area (Å²) in [7, 11) is -2.37. The highest BCUT2D eigenvalue weighted by molar-refractivity contribution is 6.34. The molecule has 8 heteroatoms. The number of benzene rings is 1. The van der Waals surface area contributed by atoms with Gasteiger partial charge in [0.2, 0.25) is 5.82 Å². The Balaban J connectivity index is 3.19. The van der Waals surface area contributed by atoms with Gasteiger partial charge in [-0.15, -0.1) is 0 Å². The van der Waals surface area contributed by atoms with E-state index in [0.717, 1.165) is 0 Å². The van der Waals surface area contributed by atoms with Crippen LogP contribution in [0.2, 0.25) is 5.02 Å². The molecular formula is C6H3BClF3O3. The van der Waals surface area contributed by atoms with Crippen molar-refractivity contribution in [2.75, 3.05) is 0 Å². The Labute approximate surface area is 81.9 Å². The Kier molecular flexibility index (Phi) is 3.25. The summed E-state index contributed by atoms with van der Waals surface area (Å²) in [4.78, 5) is 0. The van der Waals surface area contributed by atoms with E-state index in [-0.39, 0.29) is 0 Å². The van der Waals surface area contributed by atoms with E-state index in [9.17, 15) is 13.2 Å². The predicted molar refractivity (Wildman–Crippen MR) is 42.1 cm³/mol. The molecule has 1 aromatic rings. The normalized spacial score (nSPS) is 10.1.